The van der Waals surface area contributed by atoms with Gasteiger partial charge in [-0.25, -0.2) is 0 Å². The first-order chi connectivity index (χ1) is 11.9. The highest BCUT2D eigenvalue weighted by molar-refractivity contribution is 5.75. The molecule has 0 amide bonds. The lowest BCUT2D eigenvalue weighted by Crippen LogP contribution is -2.43. The van der Waals surface area contributed by atoms with Gasteiger partial charge in [0.05, 0.1) is 28.6 Å². The Morgan fingerprint density at radius 2 is 1.83 bits per heavy atom. The van der Waals surface area contributed by atoms with Crippen molar-refractivity contribution in [3.63, 3.8) is 0 Å². The summed E-state index contributed by atoms with van der Waals surface area (Å²) in [5.74, 6) is 0. The second-order valence-corrected chi connectivity index (χ2v) is 5.86. The van der Waals surface area contributed by atoms with Gasteiger partial charge in [-0.1, -0.05) is 6.07 Å². The maximum atomic E-state index is 4.37. The van der Waals surface area contributed by atoms with Crippen LogP contribution >= 0.6 is 0 Å². The van der Waals surface area contributed by atoms with E-state index < -0.39 is 0 Å². The summed E-state index contributed by atoms with van der Waals surface area (Å²) >= 11 is 0. The zero-order valence-electron chi connectivity index (χ0n) is 13.4. The fraction of sp³-hybridized carbons (Fsp3) is 0.278. The van der Waals surface area contributed by atoms with E-state index in [4.69, 9.17) is 0 Å². The van der Waals surface area contributed by atoms with Gasteiger partial charge in [-0.2, -0.15) is 0 Å². The number of aromatic nitrogens is 3. The fourth-order valence-corrected chi connectivity index (χ4v) is 3.01. The normalized spacial score (nSPS) is 14.8. The van der Waals surface area contributed by atoms with Gasteiger partial charge in [-0.15, -0.1) is 0 Å². The number of rotatable bonds is 4. The highest BCUT2D eigenvalue weighted by atomic mass is 15.2. The first-order valence-electron chi connectivity index (χ1n) is 8.23. The molecule has 0 spiro atoms. The number of piperazine rings is 1. The average Bonchev–Trinajstić information content (AvgIpc) is 2.67. The Bertz CT molecular complexity index is 828. The standard InChI is InChI=1S/C18H20N6/c1-2-15-17(22-6-5-21-15)11-14(1)12-23-16-3-4-20-13-18(16)24-9-7-19-8-10-24/h1-6,11,13,19H,7-10,12H2,(H,20,23). The number of nitrogens with zero attached hydrogens (tertiary/aromatic N) is 4. The lowest BCUT2D eigenvalue weighted by atomic mass is 10.2. The van der Waals surface area contributed by atoms with Crippen molar-refractivity contribution >= 4 is 22.4 Å². The average molecular weight is 320 g/mol. The summed E-state index contributed by atoms with van der Waals surface area (Å²) in [4.78, 5) is 15.4. The van der Waals surface area contributed by atoms with Crippen LogP contribution in [0.1, 0.15) is 5.56 Å². The molecule has 4 rings (SSSR count). The number of nitrogens with one attached hydrogen (secondary N) is 2. The van der Waals surface area contributed by atoms with Crippen LogP contribution in [0.2, 0.25) is 0 Å². The van der Waals surface area contributed by atoms with Crippen LogP contribution in [0.4, 0.5) is 11.4 Å². The molecule has 2 aromatic heterocycles. The molecule has 1 fully saturated rings. The van der Waals surface area contributed by atoms with Crippen molar-refractivity contribution in [2.24, 2.45) is 0 Å². The highest BCUT2D eigenvalue weighted by Crippen LogP contribution is 2.25. The van der Waals surface area contributed by atoms with Crippen LogP contribution in [0.3, 0.4) is 0 Å². The summed E-state index contributed by atoms with van der Waals surface area (Å²) < 4.78 is 0. The molecule has 0 aliphatic carbocycles. The second kappa shape index (κ2) is 6.80. The Morgan fingerprint density at radius 3 is 2.71 bits per heavy atom. The lowest BCUT2D eigenvalue weighted by molar-refractivity contribution is 0.589. The van der Waals surface area contributed by atoms with Gasteiger partial charge in [0.1, 0.15) is 0 Å². The molecule has 1 aromatic carbocycles. The Balaban J connectivity index is 1.52. The largest absolute Gasteiger partial charge is 0.379 e. The van der Waals surface area contributed by atoms with Crippen molar-refractivity contribution in [3.05, 3.63) is 54.6 Å². The molecule has 24 heavy (non-hydrogen) atoms. The van der Waals surface area contributed by atoms with Crippen LogP contribution < -0.4 is 15.5 Å². The molecule has 1 aliphatic heterocycles. The molecule has 6 nitrogen and oxygen atoms in total. The van der Waals surface area contributed by atoms with E-state index in [-0.39, 0.29) is 0 Å². The van der Waals surface area contributed by atoms with E-state index in [1.807, 2.05) is 24.5 Å². The van der Waals surface area contributed by atoms with E-state index >= 15 is 0 Å². The van der Waals surface area contributed by atoms with Crippen LogP contribution in [0, 0.1) is 0 Å². The van der Waals surface area contributed by atoms with Crippen LogP contribution in [0.15, 0.2) is 49.1 Å². The molecule has 122 valence electrons. The maximum absolute atomic E-state index is 4.37. The molecule has 0 bridgehead atoms. The summed E-state index contributed by atoms with van der Waals surface area (Å²) in [6.07, 6.45) is 7.22. The second-order valence-electron chi connectivity index (χ2n) is 5.86. The maximum Gasteiger partial charge on any atom is 0.0890 e. The minimum atomic E-state index is 0.746. The molecule has 3 aromatic rings. The van der Waals surface area contributed by atoms with Crippen molar-refractivity contribution in [2.75, 3.05) is 36.4 Å². The molecular weight excluding hydrogens is 300 g/mol. The molecule has 0 unspecified atom stereocenters. The summed E-state index contributed by atoms with van der Waals surface area (Å²) in [6.45, 7) is 4.78. The predicted molar refractivity (Wildman–Crippen MR) is 96.2 cm³/mol. The summed E-state index contributed by atoms with van der Waals surface area (Å²) in [6, 6.07) is 8.23. The van der Waals surface area contributed by atoms with Gasteiger partial charge in [0.15, 0.2) is 0 Å². The van der Waals surface area contributed by atoms with Crippen molar-refractivity contribution in [2.45, 2.75) is 6.54 Å². The SMILES string of the molecule is c1cc(NCc2ccc3nccnc3c2)c(N2CCNCC2)cn1. The van der Waals surface area contributed by atoms with Crippen molar-refractivity contribution < 1.29 is 0 Å². The topological polar surface area (TPSA) is 66.0 Å². The Kier molecular flexibility index (Phi) is 4.20. The van der Waals surface area contributed by atoms with Crippen LogP contribution in [0.25, 0.3) is 11.0 Å². The third kappa shape index (κ3) is 3.14. The summed E-state index contributed by atoms with van der Waals surface area (Å²) in [5.41, 5.74) is 5.32. The van der Waals surface area contributed by atoms with Crippen LogP contribution in [-0.2, 0) is 6.54 Å². The molecular formula is C18H20N6. The number of hydrogen-bond donors (Lipinski definition) is 2. The predicted octanol–water partition coefficient (Wildman–Crippen LogP) is 2.05. The molecule has 0 saturated carbocycles. The molecule has 1 saturated heterocycles. The van der Waals surface area contributed by atoms with Gasteiger partial charge in [0.25, 0.3) is 0 Å². The minimum absolute atomic E-state index is 0.746. The molecule has 0 radical (unpaired) electrons. The van der Waals surface area contributed by atoms with Crippen molar-refractivity contribution in [1.29, 1.82) is 0 Å². The first-order valence-corrected chi connectivity index (χ1v) is 8.23. The van der Waals surface area contributed by atoms with E-state index in [1.165, 1.54) is 11.3 Å². The lowest BCUT2D eigenvalue weighted by Gasteiger charge is -2.30. The summed E-state index contributed by atoms with van der Waals surface area (Å²) in [5, 5.41) is 6.92. The van der Waals surface area contributed by atoms with E-state index in [2.05, 4.69) is 42.6 Å². The third-order valence-corrected chi connectivity index (χ3v) is 4.27. The van der Waals surface area contributed by atoms with E-state index in [9.17, 15) is 0 Å². The first kappa shape index (κ1) is 14.8. The smallest absolute Gasteiger partial charge is 0.0890 e. The van der Waals surface area contributed by atoms with Gasteiger partial charge >= 0.3 is 0 Å². The number of fused-ring (bicyclic) bond motifs is 1. The van der Waals surface area contributed by atoms with Gasteiger partial charge in [0.2, 0.25) is 0 Å². The Morgan fingerprint density at radius 1 is 1.00 bits per heavy atom. The molecule has 1 aliphatic rings. The number of anilines is 2. The quantitative estimate of drug-likeness (QED) is 0.767. The van der Waals surface area contributed by atoms with E-state index in [0.717, 1.165) is 49.4 Å². The Hall–Kier alpha value is -2.73. The molecule has 3 heterocycles. The van der Waals surface area contributed by atoms with Gasteiger partial charge in [0, 0.05) is 51.3 Å². The third-order valence-electron chi connectivity index (χ3n) is 4.27. The van der Waals surface area contributed by atoms with Gasteiger partial charge in [-0.05, 0) is 23.8 Å². The summed E-state index contributed by atoms with van der Waals surface area (Å²) in [7, 11) is 0. The van der Waals surface area contributed by atoms with Crippen molar-refractivity contribution in [1.82, 2.24) is 20.3 Å². The van der Waals surface area contributed by atoms with Gasteiger partial charge < -0.3 is 15.5 Å². The van der Waals surface area contributed by atoms with Crippen molar-refractivity contribution in [3.8, 4) is 0 Å². The van der Waals surface area contributed by atoms with Gasteiger partial charge in [-0.3, -0.25) is 15.0 Å². The monoisotopic (exact) mass is 320 g/mol. The molecule has 6 heteroatoms. The van der Waals surface area contributed by atoms with Crippen LogP contribution in [0.5, 0.6) is 0 Å². The zero-order chi connectivity index (χ0) is 16.2. The Labute approximate surface area is 141 Å². The van der Waals surface area contributed by atoms with E-state index in [0.29, 0.717) is 0 Å². The zero-order valence-corrected chi connectivity index (χ0v) is 13.4. The molecule has 0 atom stereocenters. The number of pyridine rings is 1. The molecule has 2 N–H and O–H groups in total. The van der Waals surface area contributed by atoms with E-state index in [1.54, 1.807) is 12.4 Å². The highest BCUT2D eigenvalue weighted by Gasteiger charge is 2.14. The fourth-order valence-electron chi connectivity index (χ4n) is 3.01. The number of hydrogen-bond acceptors (Lipinski definition) is 6. The number of benzene rings is 1. The van der Waals surface area contributed by atoms with Crippen LogP contribution in [-0.4, -0.2) is 41.1 Å². The minimum Gasteiger partial charge on any atom is -0.379 e.